The van der Waals surface area contributed by atoms with E-state index in [1.165, 1.54) is 7.11 Å². The molecule has 282 valence electrons. The van der Waals surface area contributed by atoms with Gasteiger partial charge in [-0.25, -0.2) is 19.6 Å². The number of alkyl carbamates (subject to hydrolysis) is 1. The Morgan fingerprint density at radius 1 is 0.759 bits per heavy atom. The smallest absolute Gasteiger partial charge is 0.410 e. The van der Waals surface area contributed by atoms with Gasteiger partial charge in [0.2, 0.25) is 5.91 Å². The third-order valence-corrected chi connectivity index (χ3v) is 10.3. The molecule has 54 heavy (non-hydrogen) atoms. The van der Waals surface area contributed by atoms with Gasteiger partial charge in [0.25, 0.3) is 0 Å². The summed E-state index contributed by atoms with van der Waals surface area (Å²) in [6, 6.07) is 20.2. The van der Waals surface area contributed by atoms with E-state index in [2.05, 4.69) is 80.9 Å². The van der Waals surface area contributed by atoms with Gasteiger partial charge in [-0.1, -0.05) is 62.4 Å². The first-order valence-electron chi connectivity index (χ1n) is 18.8. The number of carbonyl (C=O) groups is 3. The van der Waals surface area contributed by atoms with E-state index < -0.39 is 17.7 Å². The highest BCUT2D eigenvalue weighted by Gasteiger charge is 2.38. The lowest BCUT2D eigenvalue weighted by Crippen LogP contribution is -2.51. The van der Waals surface area contributed by atoms with Crippen LogP contribution in [0.2, 0.25) is 0 Å². The van der Waals surface area contributed by atoms with E-state index in [1.54, 1.807) is 4.90 Å². The Labute approximate surface area is 315 Å². The number of nitrogens with zero attached hydrogens (tertiary/aromatic N) is 4. The molecule has 7 rings (SSSR count). The van der Waals surface area contributed by atoms with Crippen molar-refractivity contribution in [2.24, 2.45) is 5.92 Å². The summed E-state index contributed by atoms with van der Waals surface area (Å²) < 4.78 is 10.4. The van der Waals surface area contributed by atoms with Gasteiger partial charge < -0.3 is 29.7 Å². The number of aromatic amines is 2. The SMILES string of the molecule is COC(=O)NC(C(=O)N1CCC[C@H]1c1ncc(-c2ccc3cc(-c4ccc(-c5cnc([C@@H]6CCCN6C(=O)OC(C)(C)C)[nH]5)cc4)ccc3c2)[nH]1)C(C)C. The fourth-order valence-corrected chi connectivity index (χ4v) is 7.52. The summed E-state index contributed by atoms with van der Waals surface area (Å²) in [6.07, 6.45) is 6.15. The fraction of sp³-hybridized carbons (Fsp3) is 0.405. The Morgan fingerprint density at radius 3 is 1.87 bits per heavy atom. The first-order chi connectivity index (χ1) is 25.9. The van der Waals surface area contributed by atoms with Gasteiger partial charge in [0, 0.05) is 18.7 Å². The highest BCUT2D eigenvalue weighted by molar-refractivity contribution is 5.91. The number of ether oxygens (including phenoxy) is 2. The number of amides is 3. The van der Waals surface area contributed by atoms with Crippen LogP contribution in [0.15, 0.2) is 73.1 Å². The minimum absolute atomic E-state index is 0.0963. The number of rotatable bonds is 8. The van der Waals surface area contributed by atoms with Crippen molar-refractivity contribution >= 4 is 28.9 Å². The average Bonchev–Trinajstić information content (AvgIpc) is 3.98. The summed E-state index contributed by atoms with van der Waals surface area (Å²) in [5.41, 5.74) is 5.48. The molecule has 0 saturated carbocycles. The summed E-state index contributed by atoms with van der Waals surface area (Å²) in [6.45, 7) is 10.7. The largest absolute Gasteiger partial charge is 0.453 e. The predicted molar refractivity (Wildman–Crippen MR) is 207 cm³/mol. The van der Waals surface area contributed by atoms with Gasteiger partial charge in [-0.05, 0) is 92.0 Å². The van der Waals surface area contributed by atoms with Crippen molar-refractivity contribution in [3.05, 3.63) is 84.7 Å². The molecule has 3 atom stereocenters. The maximum Gasteiger partial charge on any atom is 0.410 e. The van der Waals surface area contributed by atoms with Crippen LogP contribution < -0.4 is 5.32 Å². The number of methoxy groups -OCH3 is 1. The number of carbonyl (C=O) groups excluding carboxylic acids is 3. The molecule has 2 fully saturated rings. The normalized spacial score (nSPS) is 18.0. The molecule has 12 nitrogen and oxygen atoms in total. The Balaban J connectivity index is 1.03. The molecule has 2 aliphatic heterocycles. The minimum atomic E-state index is -0.679. The van der Waals surface area contributed by atoms with E-state index in [9.17, 15) is 14.4 Å². The predicted octanol–water partition coefficient (Wildman–Crippen LogP) is 8.40. The number of imidazole rings is 2. The highest BCUT2D eigenvalue weighted by Crippen LogP contribution is 2.35. The van der Waals surface area contributed by atoms with Gasteiger partial charge in [-0.2, -0.15) is 0 Å². The van der Waals surface area contributed by atoms with Crippen LogP contribution in [-0.2, 0) is 14.3 Å². The molecule has 5 aromatic rings. The van der Waals surface area contributed by atoms with Crippen LogP contribution in [0.3, 0.4) is 0 Å². The van der Waals surface area contributed by atoms with Gasteiger partial charge >= 0.3 is 12.2 Å². The van der Waals surface area contributed by atoms with E-state index >= 15 is 0 Å². The molecule has 3 aromatic carbocycles. The van der Waals surface area contributed by atoms with Crippen molar-refractivity contribution in [1.29, 1.82) is 0 Å². The van der Waals surface area contributed by atoms with Crippen LogP contribution in [0.25, 0.3) is 44.4 Å². The minimum Gasteiger partial charge on any atom is -0.453 e. The average molecular weight is 732 g/mol. The molecule has 12 heteroatoms. The lowest BCUT2D eigenvalue weighted by atomic mass is 9.98. The molecular weight excluding hydrogens is 683 g/mol. The second kappa shape index (κ2) is 15.0. The zero-order valence-electron chi connectivity index (χ0n) is 31.8. The number of likely N-dealkylation sites (tertiary alicyclic amines) is 2. The van der Waals surface area contributed by atoms with E-state index in [0.29, 0.717) is 13.1 Å². The Morgan fingerprint density at radius 2 is 1.28 bits per heavy atom. The van der Waals surface area contributed by atoms with Gasteiger partial charge in [0.15, 0.2) is 0 Å². The molecule has 0 radical (unpaired) electrons. The lowest BCUT2D eigenvalue weighted by Gasteiger charge is -2.30. The third kappa shape index (κ3) is 7.69. The lowest BCUT2D eigenvalue weighted by molar-refractivity contribution is -0.135. The van der Waals surface area contributed by atoms with Crippen molar-refractivity contribution < 1.29 is 23.9 Å². The number of benzene rings is 3. The van der Waals surface area contributed by atoms with Crippen LogP contribution in [0.4, 0.5) is 9.59 Å². The first-order valence-corrected chi connectivity index (χ1v) is 18.8. The summed E-state index contributed by atoms with van der Waals surface area (Å²) in [5, 5.41) is 4.93. The van der Waals surface area contributed by atoms with Gasteiger partial charge in [-0.15, -0.1) is 0 Å². The Bertz CT molecular complexity index is 2150. The van der Waals surface area contributed by atoms with Crippen LogP contribution in [0.5, 0.6) is 0 Å². The van der Waals surface area contributed by atoms with Crippen molar-refractivity contribution in [2.45, 2.75) is 84.0 Å². The van der Waals surface area contributed by atoms with Crippen molar-refractivity contribution in [1.82, 2.24) is 35.1 Å². The molecule has 0 aliphatic carbocycles. The molecule has 3 amide bonds. The Hall–Kier alpha value is -5.65. The van der Waals surface area contributed by atoms with Gasteiger partial charge in [-0.3, -0.25) is 9.69 Å². The molecule has 2 aromatic heterocycles. The Kier molecular flexibility index (Phi) is 10.2. The molecule has 2 saturated heterocycles. The third-order valence-electron chi connectivity index (χ3n) is 10.3. The van der Waals surface area contributed by atoms with E-state index in [1.807, 2.05) is 51.9 Å². The zero-order valence-corrected chi connectivity index (χ0v) is 31.8. The van der Waals surface area contributed by atoms with Crippen LogP contribution in [0, 0.1) is 5.92 Å². The summed E-state index contributed by atoms with van der Waals surface area (Å²) in [4.78, 5) is 58.2. The molecule has 4 heterocycles. The molecule has 1 unspecified atom stereocenters. The number of nitrogens with one attached hydrogen (secondary N) is 3. The van der Waals surface area contributed by atoms with Crippen molar-refractivity contribution in [3.63, 3.8) is 0 Å². The maximum absolute atomic E-state index is 13.6. The maximum atomic E-state index is 13.6. The van der Waals surface area contributed by atoms with Crippen LogP contribution in [0.1, 0.15) is 84.0 Å². The molecule has 0 spiro atoms. The van der Waals surface area contributed by atoms with Crippen LogP contribution >= 0.6 is 0 Å². The summed E-state index contributed by atoms with van der Waals surface area (Å²) >= 11 is 0. The highest BCUT2D eigenvalue weighted by atomic mass is 16.6. The number of fused-ring (bicyclic) bond motifs is 1. The van der Waals surface area contributed by atoms with Crippen molar-refractivity contribution in [3.8, 4) is 33.6 Å². The monoisotopic (exact) mass is 731 g/mol. The topological polar surface area (TPSA) is 146 Å². The molecule has 0 bridgehead atoms. The zero-order chi connectivity index (χ0) is 38.1. The summed E-state index contributed by atoms with van der Waals surface area (Å²) in [7, 11) is 1.30. The van der Waals surface area contributed by atoms with Crippen molar-refractivity contribution in [2.75, 3.05) is 20.2 Å². The number of hydrogen-bond acceptors (Lipinski definition) is 7. The van der Waals surface area contributed by atoms with Gasteiger partial charge in [0.1, 0.15) is 23.3 Å². The van der Waals surface area contributed by atoms with E-state index in [4.69, 9.17) is 14.5 Å². The molecule has 2 aliphatic rings. The molecular formula is C42H49N7O5. The molecule has 3 N–H and O–H groups in total. The quantitative estimate of drug-likeness (QED) is 0.145. The van der Waals surface area contributed by atoms with Crippen LogP contribution in [-0.4, -0.2) is 79.7 Å². The van der Waals surface area contributed by atoms with Gasteiger partial charge in [0.05, 0.1) is 43.0 Å². The number of aromatic nitrogens is 4. The number of hydrogen-bond donors (Lipinski definition) is 3. The standard InChI is InChI=1S/C42H49N7O5/c1-25(2)36(47-40(51)53-6)39(50)48-19-7-9-34(48)37-44-24-33(46-37)31-18-17-29-21-28(15-16-30(29)22-31)26-11-13-27(14-12-26)32-23-43-38(45-32)35-10-8-20-49(35)41(52)54-42(3,4)5/h11-18,21-25,34-36H,7-10,19-20H2,1-6H3,(H,43,45)(H,44,46)(H,47,51)/t34-,35-,36?/m0/s1. The van der Waals surface area contributed by atoms with E-state index in [-0.39, 0.29) is 30.0 Å². The first kappa shape index (κ1) is 36.7. The van der Waals surface area contributed by atoms with E-state index in [0.717, 1.165) is 81.7 Å². The number of H-pyrrole nitrogens is 2. The summed E-state index contributed by atoms with van der Waals surface area (Å²) in [5.74, 6) is 1.29. The second-order valence-electron chi connectivity index (χ2n) is 15.6. The second-order valence-corrected chi connectivity index (χ2v) is 15.6. The fourth-order valence-electron chi connectivity index (χ4n) is 7.52.